The number of carbonyl (C=O) groups is 1. The number of fused-ring (bicyclic) bond motifs is 1. The third kappa shape index (κ3) is 3.63. The van der Waals surface area contributed by atoms with Crippen molar-refractivity contribution in [3.63, 3.8) is 0 Å². The summed E-state index contributed by atoms with van der Waals surface area (Å²) in [4.78, 5) is 21.0. The molecule has 0 unspecified atom stereocenters. The molecule has 6 nitrogen and oxygen atoms in total. The van der Waals surface area contributed by atoms with Crippen molar-refractivity contribution in [1.29, 1.82) is 0 Å². The van der Waals surface area contributed by atoms with Gasteiger partial charge < -0.3 is 5.32 Å². The van der Waals surface area contributed by atoms with E-state index in [1.807, 2.05) is 49.4 Å². The van der Waals surface area contributed by atoms with E-state index >= 15 is 0 Å². The lowest BCUT2D eigenvalue weighted by Gasteiger charge is -1.99. The largest absolute Gasteiger partial charge is 0.302 e. The van der Waals surface area contributed by atoms with Crippen molar-refractivity contribution >= 4 is 45.4 Å². The lowest BCUT2D eigenvalue weighted by molar-refractivity contribution is -0.114. The van der Waals surface area contributed by atoms with Gasteiger partial charge in [0, 0.05) is 18.5 Å². The highest BCUT2D eigenvalue weighted by Gasteiger charge is 2.12. The Morgan fingerprint density at radius 1 is 1.22 bits per heavy atom. The Hall–Kier alpha value is -3.32. The van der Waals surface area contributed by atoms with Gasteiger partial charge in [-0.05, 0) is 48.9 Å². The van der Waals surface area contributed by atoms with E-state index in [4.69, 9.17) is 0 Å². The van der Waals surface area contributed by atoms with Crippen LogP contribution < -0.4 is 5.32 Å². The number of nitrogens with zero attached hydrogens (tertiary/aromatic N) is 3. The van der Waals surface area contributed by atoms with E-state index in [1.165, 1.54) is 18.3 Å². The summed E-state index contributed by atoms with van der Waals surface area (Å²) in [5, 5.41) is 11.9. The van der Waals surface area contributed by atoms with Gasteiger partial charge in [0.25, 0.3) is 0 Å². The fourth-order valence-electron chi connectivity index (χ4n) is 2.82. The van der Waals surface area contributed by atoms with E-state index in [-0.39, 0.29) is 5.91 Å². The zero-order chi connectivity index (χ0) is 18.8. The summed E-state index contributed by atoms with van der Waals surface area (Å²) in [6.07, 6.45) is 5.66. The van der Waals surface area contributed by atoms with Gasteiger partial charge in [-0.1, -0.05) is 23.5 Å². The highest BCUT2D eigenvalue weighted by Crippen LogP contribution is 2.34. The molecule has 0 aliphatic rings. The SMILES string of the molecule is CC(=O)Nc1nc(C)c(-c2ccc3c(/C=C/c4ccccn4)n[nH]c3c2)s1. The van der Waals surface area contributed by atoms with E-state index in [2.05, 4.69) is 31.5 Å². The quantitative estimate of drug-likeness (QED) is 0.549. The first-order valence-electron chi connectivity index (χ1n) is 8.43. The predicted octanol–water partition coefficient (Wildman–Crippen LogP) is 4.52. The topological polar surface area (TPSA) is 83.6 Å². The monoisotopic (exact) mass is 375 g/mol. The maximum atomic E-state index is 11.2. The fraction of sp³-hybridized carbons (Fsp3) is 0.100. The number of nitrogens with one attached hydrogen (secondary N) is 2. The second-order valence-corrected chi connectivity index (χ2v) is 7.07. The number of H-pyrrole nitrogens is 1. The summed E-state index contributed by atoms with van der Waals surface area (Å²) in [6, 6.07) is 11.9. The molecule has 0 saturated heterocycles. The van der Waals surface area contributed by atoms with Gasteiger partial charge in [-0.15, -0.1) is 0 Å². The second kappa shape index (κ2) is 7.13. The molecule has 0 aliphatic heterocycles. The third-order valence-electron chi connectivity index (χ3n) is 4.03. The molecule has 1 amide bonds. The van der Waals surface area contributed by atoms with Gasteiger partial charge in [-0.2, -0.15) is 5.10 Å². The Labute approximate surface area is 160 Å². The minimum Gasteiger partial charge on any atom is -0.302 e. The lowest BCUT2D eigenvalue weighted by atomic mass is 10.1. The number of aromatic nitrogens is 4. The van der Waals surface area contributed by atoms with Crippen LogP contribution in [0.25, 0.3) is 33.5 Å². The molecule has 0 spiro atoms. The van der Waals surface area contributed by atoms with Crippen molar-refractivity contribution in [3.8, 4) is 10.4 Å². The van der Waals surface area contributed by atoms with Crippen LogP contribution in [-0.2, 0) is 4.79 Å². The average Bonchev–Trinajstić information content (AvgIpc) is 3.23. The van der Waals surface area contributed by atoms with E-state index in [0.717, 1.165) is 38.4 Å². The number of aryl methyl sites for hydroxylation is 1. The minimum absolute atomic E-state index is 0.122. The molecule has 7 heteroatoms. The Morgan fingerprint density at radius 3 is 2.89 bits per heavy atom. The molecule has 0 fully saturated rings. The summed E-state index contributed by atoms with van der Waals surface area (Å²) < 4.78 is 0. The summed E-state index contributed by atoms with van der Waals surface area (Å²) in [6.45, 7) is 3.42. The molecule has 0 saturated carbocycles. The van der Waals surface area contributed by atoms with Crippen LogP contribution in [0.4, 0.5) is 5.13 Å². The van der Waals surface area contributed by atoms with E-state index in [1.54, 1.807) is 6.20 Å². The number of anilines is 1. The summed E-state index contributed by atoms with van der Waals surface area (Å²) in [5.41, 5.74) is 4.62. The molecule has 3 aromatic heterocycles. The fourth-order valence-corrected chi connectivity index (χ4v) is 3.83. The Balaban J connectivity index is 1.65. The van der Waals surface area contributed by atoms with Crippen LogP contribution in [-0.4, -0.2) is 26.1 Å². The van der Waals surface area contributed by atoms with Crippen molar-refractivity contribution in [2.75, 3.05) is 5.32 Å². The van der Waals surface area contributed by atoms with Gasteiger partial charge >= 0.3 is 0 Å². The van der Waals surface area contributed by atoms with Gasteiger partial charge in [0.15, 0.2) is 5.13 Å². The number of rotatable bonds is 4. The first-order valence-corrected chi connectivity index (χ1v) is 9.24. The molecule has 0 aliphatic carbocycles. The van der Waals surface area contributed by atoms with Crippen LogP contribution in [0.3, 0.4) is 0 Å². The lowest BCUT2D eigenvalue weighted by Crippen LogP contribution is -2.04. The first kappa shape index (κ1) is 17.1. The third-order valence-corrected chi connectivity index (χ3v) is 5.16. The Bertz CT molecular complexity index is 1140. The van der Waals surface area contributed by atoms with Crippen molar-refractivity contribution < 1.29 is 4.79 Å². The maximum absolute atomic E-state index is 11.2. The first-order chi connectivity index (χ1) is 13.1. The van der Waals surface area contributed by atoms with Crippen molar-refractivity contribution in [2.45, 2.75) is 13.8 Å². The van der Waals surface area contributed by atoms with Gasteiger partial charge in [0.1, 0.15) is 0 Å². The van der Waals surface area contributed by atoms with Crippen LogP contribution >= 0.6 is 11.3 Å². The molecule has 4 aromatic rings. The van der Waals surface area contributed by atoms with Crippen LogP contribution in [0, 0.1) is 6.92 Å². The minimum atomic E-state index is -0.122. The highest BCUT2D eigenvalue weighted by atomic mass is 32.1. The molecule has 0 radical (unpaired) electrons. The smallest absolute Gasteiger partial charge is 0.223 e. The molecular formula is C20H17N5OS. The molecule has 4 rings (SSSR count). The van der Waals surface area contributed by atoms with Gasteiger partial charge in [-0.3, -0.25) is 14.9 Å². The van der Waals surface area contributed by atoms with Crippen LogP contribution in [0.1, 0.15) is 24.0 Å². The van der Waals surface area contributed by atoms with E-state index < -0.39 is 0 Å². The average molecular weight is 375 g/mol. The molecular weight excluding hydrogens is 358 g/mol. The number of benzene rings is 1. The number of hydrogen-bond donors (Lipinski definition) is 2. The highest BCUT2D eigenvalue weighted by molar-refractivity contribution is 7.19. The summed E-state index contributed by atoms with van der Waals surface area (Å²) in [7, 11) is 0. The van der Waals surface area contributed by atoms with Crippen molar-refractivity contribution in [3.05, 3.63) is 59.7 Å². The molecule has 3 heterocycles. The van der Waals surface area contributed by atoms with Crippen molar-refractivity contribution in [1.82, 2.24) is 20.2 Å². The van der Waals surface area contributed by atoms with Crippen molar-refractivity contribution in [2.24, 2.45) is 0 Å². The molecule has 1 aromatic carbocycles. The predicted molar refractivity (Wildman–Crippen MR) is 109 cm³/mol. The summed E-state index contributed by atoms with van der Waals surface area (Å²) >= 11 is 1.46. The van der Waals surface area contributed by atoms with Gasteiger partial charge in [0.05, 0.1) is 27.5 Å². The summed E-state index contributed by atoms with van der Waals surface area (Å²) in [5.74, 6) is -0.122. The number of amides is 1. The molecule has 0 bridgehead atoms. The standard InChI is InChI=1S/C20H17N5OS/c1-12-19(27-20(22-12)23-13(2)26)14-6-8-16-17(24-25-18(16)11-14)9-7-15-5-3-4-10-21-15/h3-11H,1-2H3,(H,24,25)(H,22,23,26)/b9-7+. The number of hydrogen-bond acceptors (Lipinski definition) is 5. The van der Waals surface area contributed by atoms with E-state index in [9.17, 15) is 4.79 Å². The van der Waals surface area contributed by atoms with E-state index in [0.29, 0.717) is 5.13 Å². The zero-order valence-electron chi connectivity index (χ0n) is 14.9. The van der Waals surface area contributed by atoms with Gasteiger partial charge in [0.2, 0.25) is 5.91 Å². The number of aromatic amines is 1. The normalized spacial score (nSPS) is 11.3. The maximum Gasteiger partial charge on any atom is 0.223 e. The Kier molecular flexibility index (Phi) is 4.52. The molecule has 2 N–H and O–H groups in total. The van der Waals surface area contributed by atoms with Crippen LogP contribution in [0.15, 0.2) is 42.6 Å². The van der Waals surface area contributed by atoms with Gasteiger partial charge in [-0.25, -0.2) is 4.98 Å². The Morgan fingerprint density at radius 2 is 2.11 bits per heavy atom. The molecule has 134 valence electrons. The number of carbonyl (C=O) groups excluding carboxylic acids is 1. The number of thiazole rings is 1. The number of pyridine rings is 1. The molecule has 0 atom stereocenters. The van der Waals surface area contributed by atoms with Crippen LogP contribution in [0.5, 0.6) is 0 Å². The zero-order valence-corrected chi connectivity index (χ0v) is 15.7. The second-order valence-electron chi connectivity index (χ2n) is 6.07. The van der Waals surface area contributed by atoms with Crippen LogP contribution in [0.2, 0.25) is 0 Å². The molecule has 27 heavy (non-hydrogen) atoms.